The first-order chi connectivity index (χ1) is 8.19. The Hall–Kier alpha value is -1.93. The number of nitrogens with one attached hydrogen (secondary N) is 1. The van der Waals surface area contributed by atoms with Crippen LogP contribution in [0.25, 0.3) is 0 Å². The lowest BCUT2D eigenvalue weighted by Crippen LogP contribution is -1.93. The van der Waals surface area contributed by atoms with E-state index in [1.165, 1.54) is 12.1 Å². The first-order valence-electron chi connectivity index (χ1n) is 4.76. The molecule has 0 bridgehead atoms. The van der Waals surface area contributed by atoms with Gasteiger partial charge in [0.15, 0.2) is 0 Å². The second-order valence-electron chi connectivity index (χ2n) is 3.32. The van der Waals surface area contributed by atoms with E-state index in [-0.39, 0.29) is 5.56 Å². The number of pyridine rings is 1. The van der Waals surface area contributed by atoms with E-state index in [4.69, 9.17) is 5.26 Å². The molecule has 3 nitrogen and oxygen atoms in total. The normalized spacial score (nSPS) is 9.71. The molecule has 1 aromatic carbocycles. The highest BCUT2D eigenvalue weighted by atomic mass is 79.9. The fourth-order valence-electron chi connectivity index (χ4n) is 1.34. The van der Waals surface area contributed by atoms with Gasteiger partial charge in [-0.3, -0.25) is 4.98 Å². The van der Waals surface area contributed by atoms with Crippen molar-refractivity contribution in [3.05, 3.63) is 52.5 Å². The van der Waals surface area contributed by atoms with Crippen LogP contribution in [-0.4, -0.2) is 4.98 Å². The lowest BCUT2D eigenvalue weighted by molar-refractivity contribution is 0.624. The SMILES string of the molecule is N#Cc1cc(Nc2cncc(Br)c2)ccc1F. The molecule has 1 aromatic heterocycles. The van der Waals surface area contributed by atoms with E-state index in [2.05, 4.69) is 26.2 Å². The van der Waals surface area contributed by atoms with Gasteiger partial charge in [-0.2, -0.15) is 5.26 Å². The Morgan fingerprint density at radius 1 is 1.24 bits per heavy atom. The minimum Gasteiger partial charge on any atom is -0.354 e. The summed E-state index contributed by atoms with van der Waals surface area (Å²) in [7, 11) is 0. The molecular weight excluding hydrogens is 285 g/mol. The fraction of sp³-hybridized carbons (Fsp3) is 0. The summed E-state index contributed by atoms with van der Waals surface area (Å²) in [6.45, 7) is 0. The molecule has 1 N–H and O–H groups in total. The molecule has 0 spiro atoms. The molecule has 0 fully saturated rings. The van der Waals surface area contributed by atoms with Crippen molar-refractivity contribution in [3.63, 3.8) is 0 Å². The van der Waals surface area contributed by atoms with Crippen molar-refractivity contribution in [1.29, 1.82) is 5.26 Å². The van der Waals surface area contributed by atoms with Gasteiger partial charge in [0.25, 0.3) is 0 Å². The van der Waals surface area contributed by atoms with E-state index in [1.807, 2.05) is 6.07 Å². The van der Waals surface area contributed by atoms with Gasteiger partial charge >= 0.3 is 0 Å². The quantitative estimate of drug-likeness (QED) is 0.920. The smallest absolute Gasteiger partial charge is 0.141 e. The highest BCUT2D eigenvalue weighted by Crippen LogP contribution is 2.20. The van der Waals surface area contributed by atoms with Crippen LogP contribution in [0.1, 0.15) is 5.56 Å². The van der Waals surface area contributed by atoms with Crippen molar-refractivity contribution < 1.29 is 4.39 Å². The fourth-order valence-corrected chi connectivity index (χ4v) is 1.70. The molecule has 0 saturated heterocycles. The summed E-state index contributed by atoms with van der Waals surface area (Å²) >= 11 is 3.30. The summed E-state index contributed by atoms with van der Waals surface area (Å²) in [5.41, 5.74) is 1.41. The predicted octanol–water partition coefficient (Wildman–Crippen LogP) is 3.60. The number of aromatic nitrogens is 1. The third kappa shape index (κ3) is 2.80. The third-order valence-electron chi connectivity index (χ3n) is 2.08. The van der Waals surface area contributed by atoms with Gasteiger partial charge in [0.2, 0.25) is 0 Å². The first-order valence-corrected chi connectivity index (χ1v) is 5.55. The zero-order chi connectivity index (χ0) is 12.3. The number of benzene rings is 1. The summed E-state index contributed by atoms with van der Waals surface area (Å²) < 4.78 is 13.9. The van der Waals surface area contributed by atoms with Crippen LogP contribution in [0.5, 0.6) is 0 Å². The van der Waals surface area contributed by atoms with Gasteiger partial charge < -0.3 is 5.32 Å². The van der Waals surface area contributed by atoms with Crippen molar-refractivity contribution in [1.82, 2.24) is 4.98 Å². The molecule has 84 valence electrons. The van der Waals surface area contributed by atoms with E-state index < -0.39 is 5.82 Å². The van der Waals surface area contributed by atoms with Gasteiger partial charge in [-0.1, -0.05) is 0 Å². The molecule has 0 radical (unpaired) electrons. The van der Waals surface area contributed by atoms with Crippen molar-refractivity contribution >= 4 is 27.3 Å². The highest BCUT2D eigenvalue weighted by Gasteiger charge is 2.03. The topological polar surface area (TPSA) is 48.7 Å². The molecule has 0 unspecified atom stereocenters. The van der Waals surface area contributed by atoms with Crippen LogP contribution in [0, 0.1) is 17.1 Å². The van der Waals surface area contributed by atoms with Gasteiger partial charge in [0.1, 0.15) is 11.9 Å². The highest BCUT2D eigenvalue weighted by molar-refractivity contribution is 9.10. The van der Waals surface area contributed by atoms with Gasteiger partial charge in [-0.25, -0.2) is 4.39 Å². The average Bonchev–Trinajstić information content (AvgIpc) is 2.32. The number of anilines is 2. The van der Waals surface area contributed by atoms with E-state index in [9.17, 15) is 4.39 Å². The molecule has 0 atom stereocenters. The molecule has 2 rings (SSSR count). The predicted molar refractivity (Wildman–Crippen MR) is 66.3 cm³/mol. The monoisotopic (exact) mass is 291 g/mol. The van der Waals surface area contributed by atoms with Gasteiger partial charge in [-0.05, 0) is 40.2 Å². The van der Waals surface area contributed by atoms with Crippen LogP contribution in [0.15, 0.2) is 41.1 Å². The summed E-state index contributed by atoms with van der Waals surface area (Å²) in [4.78, 5) is 3.99. The summed E-state index contributed by atoms with van der Waals surface area (Å²) in [5.74, 6) is -0.523. The minimum absolute atomic E-state index is 0.0120. The van der Waals surface area contributed by atoms with Crippen LogP contribution < -0.4 is 5.32 Å². The number of halogens is 2. The number of nitriles is 1. The van der Waals surface area contributed by atoms with Crippen LogP contribution in [0.3, 0.4) is 0 Å². The molecule has 0 aliphatic heterocycles. The molecule has 0 aliphatic rings. The molecule has 5 heteroatoms. The second-order valence-corrected chi connectivity index (χ2v) is 4.24. The Bertz CT molecular complexity index is 593. The third-order valence-corrected chi connectivity index (χ3v) is 2.51. The molecular formula is C12H7BrFN3. The standard InChI is InChI=1S/C12H7BrFN3/c13-9-4-11(7-16-6-9)17-10-1-2-12(14)8(3-10)5-15/h1-4,6-7,17H. The Kier molecular flexibility index (Phi) is 3.35. The van der Waals surface area contributed by atoms with Crippen molar-refractivity contribution in [3.8, 4) is 6.07 Å². The maximum absolute atomic E-state index is 13.1. The number of nitrogens with zero attached hydrogens (tertiary/aromatic N) is 2. The van der Waals surface area contributed by atoms with E-state index >= 15 is 0 Å². The van der Waals surface area contributed by atoms with E-state index in [0.29, 0.717) is 5.69 Å². The van der Waals surface area contributed by atoms with Crippen molar-refractivity contribution in [2.45, 2.75) is 0 Å². The number of hydrogen-bond acceptors (Lipinski definition) is 3. The summed E-state index contributed by atoms with van der Waals surface area (Å²) in [5, 5.41) is 11.8. The van der Waals surface area contributed by atoms with Gasteiger partial charge in [0.05, 0.1) is 17.4 Å². The van der Waals surface area contributed by atoms with Crippen LogP contribution >= 0.6 is 15.9 Å². The largest absolute Gasteiger partial charge is 0.354 e. The molecule has 0 amide bonds. The lowest BCUT2D eigenvalue weighted by Gasteiger charge is -2.06. The van der Waals surface area contributed by atoms with Gasteiger partial charge in [-0.15, -0.1) is 0 Å². The lowest BCUT2D eigenvalue weighted by atomic mass is 10.2. The van der Waals surface area contributed by atoms with E-state index in [1.54, 1.807) is 24.5 Å². The van der Waals surface area contributed by atoms with E-state index in [0.717, 1.165) is 10.2 Å². The van der Waals surface area contributed by atoms with Crippen LogP contribution in [-0.2, 0) is 0 Å². The maximum Gasteiger partial charge on any atom is 0.141 e. The van der Waals surface area contributed by atoms with Crippen LogP contribution in [0.2, 0.25) is 0 Å². The molecule has 0 saturated carbocycles. The first kappa shape index (κ1) is 11.6. The Morgan fingerprint density at radius 3 is 2.76 bits per heavy atom. The summed E-state index contributed by atoms with van der Waals surface area (Å²) in [6.07, 6.45) is 3.30. The molecule has 17 heavy (non-hydrogen) atoms. The Balaban J connectivity index is 2.28. The van der Waals surface area contributed by atoms with Gasteiger partial charge in [0, 0.05) is 16.4 Å². The second kappa shape index (κ2) is 4.93. The zero-order valence-corrected chi connectivity index (χ0v) is 10.2. The van der Waals surface area contributed by atoms with Crippen LogP contribution in [0.4, 0.5) is 15.8 Å². The number of rotatable bonds is 2. The summed E-state index contributed by atoms with van der Waals surface area (Å²) in [6, 6.07) is 7.91. The molecule has 0 aliphatic carbocycles. The minimum atomic E-state index is -0.523. The van der Waals surface area contributed by atoms with Crippen molar-refractivity contribution in [2.24, 2.45) is 0 Å². The number of hydrogen-bond donors (Lipinski definition) is 1. The zero-order valence-electron chi connectivity index (χ0n) is 8.61. The Labute approximate surface area is 106 Å². The van der Waals surface area contributed by atoms with Crippen molar-refractivity contribution in [2.75, 3.05) is 5.32 Å². The average molecular weight is 292 g/mol. The molecule has 2 aromatic rings. The maximum atomic E-state index is 13.1. The Morgan fingerprint density at radius 2 is 2.06 bits per heavy atom. The molecule has 1 heterocycles.